The third-order valence-electron chi connectivity index (χ3n) is 4.17. The van der Waals surface area contributed by atoms with E-state index >= 15 is 0 Å². The van der Waals surface area contributed by atoms with Crippen molar-refractivity contribution >= 4 is 11.7 Å². The predicted octanol–water partition coefficient (Wildman–Crippen LogP) is 1.57. The highest BCUT2D eigenvalue weighted by Crippen LogP contribution is 2.18. The molecule has 0 bridgehead atoms. The second-order valence-electron chi connectivity index (χ2n) is 6.18. The summed E-state index contributed by atoms with van der Waals surface area (Å²) in [6, 6.07) is 7.73. The van der Waals surface area contributed by atoms with E-state index in [0.717, 1.165) is 25.2 Å². The lowest BCUT2D eigenvalue weighted by atomic mass is 10.1. The van der Waals surface area contributed by atoms with Crippen LogP contribution in [0.2, 0.25) is 0 Å². The van der Waals surface area contributed by atoms with Gasteiger partial charge >= 0.3 is 0 Å². The summed E-state index contributed by atoms with van der Waals surface area (Å²) in [5, 5.41) is 16.4. The molecule has 2 N–H and O–H groups in total. The zero-order chi connectivity index (χ0) is 17.1. The number of likely N-dealkylation sites (tertiary alicyclic amines) is 1. The molecule has 0 radical (unpaired) electrons. The summed E-state index contributed by atoms with van der Waals surface area (Å²) in [6.07, 6.45) is 0.913. The number of nitrogens with one attached hydrogen (secondary N) is 1. The van der Waals surface area contributed by atoms with Gasteiger partial charge in [-0.3, -0.25) is 9.69 Å². The van der Waals surface area contributed by atoms with Crippen molar-refractivity contribution in [2.45, 2.75) is 13.3 Å². The Morgan fingerprint density at radius 3 is 2.83 bits per heavy atom. The first-order chi connectivity index (χ1) is 11.5. The number of aliphatic hydroxyl groups is 1. The second kappa shape index (κ2) is 7.11. The molecule has 1 atom stereocenters. The van der Waals surface area contributed by atoms with Gasteiger partial charge in [0.2, 0.25) is 5.91 Å². The molecule has 3 rings (SSSR count). The third-order valence-corrected chi connectivity index (χ3v) is 4.17. The summed E-state index contributed by atoms with van der Waals surface area (Å²) in [7, 11) is 0. The second-order valence-corrected chi connectivity index (χ2v) is 6.18. The van der Waals surface area contributed by atoms with Crippen molar-refractivity contribution in [1.29, 1.82) is 0 Å². The SMILES string of the molecule is Cc1cc(NC(=O)CN2CCC(CO)C2)n(-c2ccc(F)cc2)n1. The minimum absolute atomic E-state index is 0.128. The zero-order valence-electron chi connectivity index (χ0n) is 13.6. The van der Waals surface area contributed by atoms with E-state index in [-0.39, 0.29) is 30.8 Å². The maximum absolute atomic E-state index is 13.1. The largest absolute Gasteiger partial charge is 0.396 e. The van der Waals surface area contributed by atoms with Crippen LogP contribution in [0.4, 0.5) is 10.2 Å². The van der Waals surface area contributed by atoms with Gasteiger partial charge < -0.3 is 10.4 Å². The van der Waals surface area contributed by atoms with E-state index < -0.39 is 0 Å². The molecule has 1 fully saturated rings. The van der Waals surface area contributed by atoms with E-state index in [1.807, 2.05) is 11.8 Å². The molecule has 1 aromatic carbocycles. The van der Waals surface area contributed by atoms with Crippen molar-refractivity contribution in [3.05, 3.63) is 41.8 Å². The van der Waals surface area contributed by atoms with Gasteiger partial charge in [0.25, 0.3) is 0 Å². The van der Waals surface area contributed by atoms with Crippen LogP contribution in [0.5, 0.6) is 0 Å². The highest BCUT2D eigenvalue weighted by Gasteiger charge is 2.23. The zero-order valence-corrected chi connectivity index (χ0v) is 13.6. The Kier molecular flexibility index (Phi) is 4.92. The van der Waals surface area contributed by atoms with Crippen molar-refractivity contribution < 1.29 is 14.3 Å². The molecule has 7 heteroatoms. The van der Waals surface area contributed by atoms with Crippen molar-refractivity contribution in [2.75, 3.05) is 31.6 Å². The molecular formula is C17H21FN4O2. The number of carbonyl (C=O) groups is 1. The Morgan fingerprint density at radius 2 is 2.17 bits per heavy atom. The topological polar surface area (TPSA) is 70.4 Å². The lowest BCUT2D eigenvalue weighted by Crippen LogP contribution is -2.32. The number of carbonyl (C=O) groups excluding carboxylic acids is 1. The van der Waals surface area contributed by atoms with Crippen LogP contribution in [-0.2, 0) is 4.79 Å². The van der Waals surface area contributed by atoms with Crippen LogP contribution in [0, 0.1) is 18.7 Å². The van der Waals surface area contributed by atoms with E-state index in [1.165, 1.54) is 12.1 Å². The molecule has 1 aliphatic rings. The monoisotopic (exact) mass is 332 g/mol. The van der Waals surface area contributed by atoms with Gasteiger partial charge in [-0.2, -0.15) is 5.10 Å². The van der Waals surface area contributed by atoms with Gasteiger partial charge in [-0.1, -0.05) is 0 Å². The van der Waals surface area contributed by atoms with E-state index in [1.54, 1.807) is 22.9 Å². The van der Waals surface area contributed by atoms with Crippen molar-refractivity contribution in [1.82, 2.24) is 14.7 Å². The molecular weight excluding hydrogens is 311 g/mol. The van der Waals surface area contributed by atoms with Gasteiger partial charge in [0.05, 0.1) is 17.9 Å². The van der Waals surface area contributed by atoms with Gasteiger partial charge in [0.1, 0.15) is 11.6 Å². The molecule has 2 aromatic rings. The summed E-state index contributed by atoms with van der Waals surface area (Å²) in [5.41, 5.74) is 1.44. The fraction of sp³-hybridized carbons (Fsp3) is 0.412. The Hall–Kier alpha value is -2.25. The number of nitrogens with zero attached hydrogens (tertiary/aromatic N) is 3. The summed E-state index contributed by atoms with van der Waals surface area (Å²) in [6.45, 7) is 3.83. The van der Waals surface area contributed by atoms with Gasteiger partial charge in [0, 0.05) is 19.2 Å². The van der Waals surface area contributed by atoms with Crippen LogP contribution in [-0.4, -0.2) is 51.9 Å². The van der Waals surface area contributed by atoms with Crippen molar-refractivity contribution in [3.63, 3.8) is 0 Å². The summed E-state index contributed by atoms with van der Waals surface area (Å²) in [4.78, 5) is 14.3. The molecule has 24 heavy (non-hydrogen) atoms. The summed E-state index contributed by atoms with van der Waals surface area (Å²) >= 11 is 0. The van der Waals surface area contributed by atoms with Crippen LogP contribution in [0.15, 0.2) is 30.3 Å². The molecule has 1 aliphatic heterocycles. The quantitative estimate of drug-likeness (QED) is 0.872. The number of benzene rings is 1. The summed E-state index contributed by atoms with van der Waals surface area (Å²) in [5.74, 6) is 0.365. The molecule has 0 saturated carbocycles. The maximum Gasteiger partial charge on any atom is 0.239 e. The molecule has 1 aromatic heterocycles. The molecule has 2 heterocycles. The number of aryl methyl sites for hydroxylation is 1. The first kappa shape index (κ1) is 16.6. The number of rotatable bonds is 5. The number of hydrogen-bond acceptors (Lipinski definition) is 4. The Bertz CT molecular complexity index is 714. The fourth-order valence-corrected chi connectivity index (χ4v) is 2.96. The number of aromatic nitrogens is 2. The number of aliphatic hydroxyl groups excluding tert-OH is 1. The number of anilines is 1. The average Bonchev–Trinajstić information content (AvgIpc) is 3.14. The lowest BCUT2D eigenvalue weighted by Gasteiger charge is -2.15. The molecule has 6 nitrogen and oxygen atoms in total. The van der Waals surface area contributed by atoms with Crippen LogP contribution < -0.4 is 5.32 Å². The number of hydrogen-bond donors (Lipinski definition) is 2. The number of halogens is 1. The minimum atomic E-state index is -0.319. The van der Waals surface area contributed by atoms with E-state index in [9.17, 15) is 14.3 Å². The first-order valence-corrected chi connectivity index (χ1v) is 8.01. The Morgan fingerprint density at radius 1 is 1.42 bits per heavy atom. The van der Waals surface area contributed by atoms with Crippen LogP contribution in [0.1, 0.15) is 12.1 Å². The van der Waals surface area contributed by atoms with E-state index in [4.69, 9.17) is 0 Å². The molecule has 1 unspecified atom stereocenters. The minimum Gasteiger partial charge on any atom is -0.396 e. The smallest absolute Gasteiger partial charge is 0.239 e. The predicted molar refractivity (Wildman–Crippen MR) is 88.5 cm³/mol. The van der Waals surface area contributed by atoms with E-state index in [2.05, 4.69) is 10.4 Å². The average molecular weight is 332 g/mol. The maximum atomic E-state index is 13.1. The molecule has 1 amide bonds. The molecule has 0 spiro atoms. The molecule has 0 aliphatic carbocycles. The fourth-order valence-electron chi connectivity index (χ4n) is 2.96. The summed E-state index contributed by atoms with van der Waals surface area (Å²) < 4.78 is 14.7. The van der Waals surface area contributed by atoms with Gasteiger partial charge in [0.15, 0.2) is 0 Å². The van der Waals surface area contributed by atoms with Crippen LogP contribution in [0.25, 0.3) is 5.69 Å². The van der Waals surface area contributed by atoms with Crippen LogP contribution in [0.3, 0.4) is 0 Å². The van der Waals surface area contributed by atoms with Gasteiger partial charge in [-0.25, -0.2) is 9.07 Å². The standard InChI is InChI=1S/C17H21FN4O2/c1-12-8-16(22(20-12)15-4-2-14(18)3-5-15)19-17(24)10-21-7-6-13(9-21)11-23/h2-5,8,13,23H,6-7,9-11H2,1H3,(H,19,24). The third kappa shape index (κ3) is 3.80. The van der Waals surface area contributed by atoms with Gasteiger partial charge in [-0.15, -0.1) is 0 Å². The Labute approximate surface area is 139 Å². The van der Waals surface area contributed by atoms with Crippen molar-refractivity contribution in [2.24, 2.45) is 5.92 Å². The van der Waals surface area contributed by atoms with E-state index in [0.29, 0.717) is 11.5 Å². The first-order valence-electron chi connectivity index (χ1n) is 8.01. The number of amides is 1. The van der Waals surface area contributed by atoms with Crippen molar-refractivity contribution in [3.8, 4) is 5.69 Å². The lowest BCUT2D eigenvalue weighted by molar-refractivity contribution is -0.117. The van der Waals surface area contributed by atoms with Gasteiger partial charge in [-0.05, 0) is 50.1 Å². The normalized spacial score (nSPS) is 18.0. The molecule has 1 saturated heterocycles. The molecule has 128 valence electrons. The Balaban J connectivity index is 1.69. The van der Waals surface area contributed by atoms with Crippen LogP contribution >= 0.6 is 0 Å². The highest BCUT2D eigenvalue weighted by molar-refractivity contribution is 5.91. The highest BCUT2D eigenvalue weighted by atomic mass is 19.1.